The molecule has 0 atom stereocenters. The van der Waals surface area contributed by atoms with Crippen molar-refractivity contribution in [3.63, 3.8) is 0 Å². The van der Waals surface area contributed by atoms with Gasteiger partial charge in [0.15, 0.2) is 6.61 Å². The molecule has 0 bridgehead atoms. The third-order valence-electron chi connectivity index (χ3n) is 2.97. The van der Waals surface area contributed by atoms with Crippen molar-refractivity contribution in [2.24, 2.45) is 0 Å². The van der Waals surface area contributed by atoms with Crippen LogP contribution in [0, 0.1) is 5.82 Å². The molecule has 3 nitrogen and oxygen atoms in total. The second-order valence-corrected chi connectivity index (χ2v) is 6.40. The number of hydrogen-bond donors (Lipinski definition) is 1. The highest BCUT2D eigenvalue weighted by Crippen LogP contribution is 2.24. The molecule has 2 aromatic rings. The average molecular weight is 431 g/mol. The van der Waals surface area contributed by atoms with Crippen molar-refractivity contribution in [1.29, 1.82) is 0 Å². The number of anilines is 1. The van der Waals surface area contributed by atoms with Gasteiger partial charge in [0.05, 0.1) is 5.69 Å². The molecular weight excluding hydrogens is 417 g/mol. The highest BCUT2D eigenvalue weighted by molar-refractivity contribution is 9.10. The number of rotatable bonds is 5. The molecule has 0 aromatic heterocycles. The van der Waals surface area contributed by atoms with Crippen molar-refractivity contribution in [3.05, 3.63) is 56.7 Å². The predicted molar refractivity (Wildman–Crippen MR) is 91.7 cm³/mol. The van der Waals surface area contributed by atoms with Crippen molar-refractivity contribution < 1.29 is 13.9 Å². The van der Waals surface area contributed by atoms with Gasteiger partial charge >= 0.3 is 0 Å². The van der Waals surface area contributed by atoms with Crippen LogP contribution in [0.3, 0.4) is 0 Å². The zero-order valence-corrected chi connectivity index (χ0v) is 15.0. The van der Waals surface area contributed by atoms with Crippen LogP contribution >= 0.6 is 31.9 Å². The van der Waals surface area contributed by atoms with E-state index in [1.54, 1.807) is 12.1 Å². The van der Waals surface area contributed by atoms with Crippen LogP contribution in [0.1, 0.15) is 12.5 Å². The lowest BCUT2D eigenvalue weighted by atomic mass is 10.1. The molecule has 0 aliphatic rings. The first-order valence-electron chi connectivity index (χ1n) is 6.65. The molecule has 0 saturated carbocycles. The summed E-state index contributed by atoms with van der Waals surface area (Å²) in [6.07, 6.45) is 0.789. The maximum Gasteiger partial charge on any atom is 0.262 e. The Labute approximate surface area is 145 Å². The van der Waals surface area contributed by atoms with Crippen molar-refractivity contribution in [1.82, 2.24) is 0 Å². The largest absolute Gasteiger partial charge is 0.483 e. The van der Waals surface area contributed by atoms with Gasteiger partial charge in [-0.3, -0.25) is 4.79 Å². The summed E-state index contributed by atoms with van der Waals surface area (Å²) in [4.78, 5) is 11.9. The first kappa shape index (κ1) is 17.0. The van der Waals surface area contributed by atoms with Crippen LogP contribution in [0.5, 0.6) is 5.75 Å². The fourth-order valence-electron chi connectivity index (χ4n) is 1.89. The molecule has 0 aliphatic heterocycles. The van der Waals surface area contributed by atoms with Crippen molar-refractivity contribution in [3.8, 4) is 5.75 Å². The van der Waals surface area contributed by atoms with Crippen LogP contribution in [0.15, 0.2) is 45.3 Å². The second kappa shape index (κ2) is 7.74. The maximum atomic E-state index is 13.6. The third kappa shape index (κ3) is 4.55. The minimum absolute atomic E-state index is 0.128. The number of aryl methyl sites for hydroxylation is 1. The van der Waals surface area contributed by atoms with Crippen LogP contribution in [0.4, 0.5) is 10.1 Å². The van der Waals surface area contributed by atoms with Crippen molar-refractivity contribution in [2.45, 2.75) is 13.3 Å². The molecule has 1 N–H and O–H groups in total. The molecule has 2 rings (SSSR count). The fraction of sp³-hybridized carbons (Fsp3) is 0.188. The Bertz CT molecular complexity index is 692. The summed E-state index contributed by atoms with van der Waals surface area (Å²) in [5, 5.41) is 2.49. The summed E-state index contributed by atoms with van der Waals surface area (Å²) in [6.45, 7) is 1.83. The molecule has 0 radical (unpaired) electrons. The molecule has 0 unspecified atom stereocenters. The molecule has 6 heteroatoms. The fourth-order valence-corrected chi connectivity index (χ4v) is 2.63. The monoisotopic (exact) mass is 429 g/mol. The number of amides is 1. The van der Waals surface area contributed by atoms with Gasteiger partial charge in [0.25, 0.3) is 5.91 Å². The van der Waals surface area contributed by atoms with E-state index in [1.807, 2.05) is 19.1 Å². The van der Waals surface area contributed by atoms with Gasteiger partial charge in [-0.25, -0.2) is 4.39 Å². The Morgan fingerprint density at radius 1 is 1.18 bits per heavy atom. The van der Waals surface area contributed by atoms with E-state index in [4.69, 9.17) is 4.74 Å². The molecule has 0 aliphatic carbocycles. The number of carbonyl (C=O) groups is 1. The molecule has 0 spiro atoms. The average Bonchev–Trinajstić information content (AvgIpc) is 2.48. The van der Waals surface area contributed by atoms with E-state index in [-0.39, 0.29) is 12.3 Å². The lowest BCUT2D eigenvalue weighted by molar-refractivity contribution is -0.118. The van der Waals surface area contributed by atoms with E-state index < -0.39 is 11.7 Å². The summed E-state index contributed by atoms with van der Waals surface area (Å²) in [7, 11) is 0. The topological polar surface area (TPSA) is 38.3 Å². The smallest absolute Gasteiger partial charge is 0.262 e. The molecule has 0 fully saturated rings. The summed E-state index contributed by atoms with van der Waals surface area (Å²) in [6, 6.07) is 10.0. The van der Waals surface area contributed by atoms with E-state index >= 15 is 0 Å². The normalized spacial score (nSPS) is 10.4. The van der Waals surface area contributed by atoms with Gasteiger partial charge in [0.1, 0.15) is 11.6 Å². The van der Waals surface area contributed by atoms with E-state index in [1.165, 1.54) is 12.1 Å². The van der Waals surface area contributed by atoms with Crippen LogP contribution in [-0.2, 0) is 11.2 Å². The highest BCUT2D eigenvalue weighted by atomic mass is 79.9. The van der Waals surface area contributed by atoms with Crippen molar-refractivity contribution >= 4 is 43.5 Å². The first-order valence-corrected chi connectivity index (χ1v) is 8.24. The zero-order valence-electron chi connectivity index (χ0n) is 11.8. The molecule has 0 saturated heterocycles. The summed E-state index contributed by atoms with van der Waals surface area (Å²) >= 11 is 6.56. The molecule has 116 valence electrons. The number of nitrogens with one attached hydrogen (secondary N) is 1. The Balaban J connectivity index is 1.98. The van der Waals surface area contributed by atoms with E-state index in [9.17, 15) is 9.18 Å². The van der Waals surface area contributed by atoms with Crippen LogP contribution in [0.25, 0.3) is 0 Å². The number of hydrogen-bond acceptors (Lipinski definition) is 2. The Kier molecular flexibility index (Phi) is 5.97. The molecular formula is C16H14Br2FNO2. The number of halogens is 3. The number of benzene rings is 2. The minimum Gasteiger partial charge on any atom is -0.483 e. The molecule has 0 heterocycles. The van der Waals surface area contributed by atoms with Gasteiger partial charge < -0.3 is 10.1 Å². The van der Waals surface area contributed by atoms with Gasteiger partial charge in [-0.2, -0.15) is 0 Å². The van der Waals surface area contributed by atoms with Crippen LogP contribution in [-0.4, -0.2) is 12.5 Å². The van der Waals surface area contributed by atoms with Crippen LogP contribution in [0.2, 0.25) is 0 Å². The number of ether oxygens (including phenoxy) is 1. The molecule has 22 heavy (non-hydrogen) atoms. The summed E-state index contributed by atoms with van der Waals surface area (Å²) in [5.74, 6) is -0.260. The van der Waals surface area contributed by atoms with E-state index in [0.717, 1.165) is 16.5 Å². The molecule has 2 aromatic carbocycles. The van der Waals surface area contributed by atoms with Gasteiger partial charge in [-0.15, -0.1) is 0 Å². The quantitative estimate of drug-likeness (QED) is 0.730. The summed E-state index contributed by atoms with van der Waals surface area (Å²) < 4.78 is 20.7. The second-order valence-electron chi connectivity index (χ2n) is 4.57. The SMILES string of the molecule is CCc1cc(Br)ccc1OCC(=O)Nc1ccc(Br)cc1F. The van der Waals surface area contributed by atoms with E-state index in [0.29, 0.717) is 10.2 Å². The van der Waals surface area contributed by atoms with Crippen LogP contribution < -0.4 is 10.1 Å². The van der Waals surface area contributed by atoms with Crippen molar-refractivity contribution in [2.75, 3.05) is 11.9 Å². The first-order chi connectivity index (χ1) is 10.5. The third-order valence-corrected chi connectivity index (χ3v) is 3.95. The Hall–Kier alpha value is -1.40. The Morgan fingerprint density at radius 2 is 1.86 bits per heavy atom. The lowest BCUT2D eigenvalue weighted by Gasteiger charge is -2.11. The summed E-state index contributed by atoms with van der Waals surface area (Å²) in [5.41, 5.74) is 1.13. The van der Waals surface area contributed by atoms with E-state index in [2.05, 4.69) is 37.2 Å². The standard InChI is InChI=1S/C16H14Br2FNO2/c1-2-10-7-11(17)4-6-15(10)22-9-16(21)20-14-5-3-12(18)8-13(14)19/h3-8H,2,9H2,1H3,(H,20,21). The maximum absolute atomic E-state index is 13.6. The highest BCUT2D eigenvalue weighted by Gasteiger charge is 2.10. The Morgan fingerprint density at radius 3 is 2.55 bits per heavy atom. The van der Waals surface area contributed by atoms with Gasteiger partial charge in [0.2, 0.25) is 0 Å². The van der Waals surface area contributed by atoms with Gasteiger partial charge in [-0.1, -0.05) is 38.8 Å². The predicted octanol–water partition coefficient (Wildman–Crippen LogP) is 4.93. The van der Waals surface area contributed by atoms with Gasteiger partial charge in [-0.05, 0) is 48.4 Å². The van der Waals surface area contributed by atoms with Gasteiger partial charge in [0, 0.05) is 8.95 Å². The minimum atomic E-state index is -0.499. The zero-order chi connectivity index (χ0) is 16.1. The number of carbonyl (C=O) groups excluding carboxylic acids is 1. The molecule has 1 amide bonds. The lowest BCUT2D eigenvalue weighted by Crippen LogP contribution is -2.21.